The Morgan fingerprint density at radius 3 is 0.537 bits per heavy atom. The second kappa shape index (κ2) is 43.3. The third kappa shape index (κ3) is 29.0. The maximum Gasteiger partial charge on any atom is 0.129 e. The van der Waals surface area contributed by atoms with Crippen LogP contribution in [0, 0.1) is 93.2 Å². The molecule has 0 atom stereocenters. The van der Waals surface area contributed by atoms with E-state index in [9.17, 15) is 0 Å². The average Bonchev–Trinajstić information content (AvgIpc) is 0.786. The highest BCUT2D eigenvalue weighted by Crippen LogP contribution is 2.31. The first-order chi connectivity index (χ1) is 51.7. The van der Waals surface area contributed by atoms with Crippen molar-refractivity contribution in [2.45, 2.75) is 262 Å². The molecule has 0 aliphatic heterocycles. The van der Waals surface area contributed by atoms with Gasteiger partial charge in [-0.1, -0.05) is 256 Å². The second-order valence-corrected chi connectivity index (χ2v) is 53.0. The minimum absolute atomic E-state index is 0.704. The molecule has 4 nitrogen and oxygen atoms in total. The van der Waals surface area contributed by atoms with Crippen LogP contribution in [0.1, 0.15) is 247 Å². The molecule has 4 aliphatic carbocycles. The first-order valence-corrected chi connectivity index (χ1v) is 55.8. The van der Waals surface area contributed by atoms with E-state index in [1.807, 2.05) is 0 Å². The fraction of sp³-hybridized carbons (Fsp3) is 0.480. The zero-order chi connectivity index (χ0) is 78.3. The van der Waals surface area contributed by atoms with Gasteiger partial charge < -0.3 is 19.6 Å². The molecular weight excluding hydrogens is 1370 g/mol. The number of anilines is 4. The van der Waals surface area contributed by atoms with Crippen LogP contribution < -0.4 is 19.6 Å². The minimum Gasteiger partial charge on any atom is -0.372 e. The van der Waals surface area contributed by atoms with Crippen molar-refractivity contribution in [3.63, 3.8) is 0 Å². The molecule has 0 radical (unpaired) electrons. The van der Waals surface area contributed by atoms with Gasteiger partial charge in [0.2, 0.25) is 0 Å². The van der Waals surface area contributed by atoms with E-state index in [2.05, 4.69) is 344 Å². The molecule has 10 rings (SSSR count). The lowest BCUT2D eigenvalue weighted by Gasteiger charge is -2.25. The van der Waals surface area contributed by atoms with Gasteiger partial charge in [-0.25, -0.2) is 0 Å². The van der Waals surface area contributed by atoms with Gasteiger partial charge in [-0.2, -0.15) is 0 Å². The van der Waals surface area contributed by atoms with Gasteiger partial charge in [0.15, 0.2) is 0 Å². The molecule has 0 amide bonds. The number of rotatable bonds is 28. The Morgan fingerprint density at radius 2 is 0.380 bits per heavy atom. The van der Waals surface area contributed by atoms with E-state index in [-0.39, 0.29) is 0 Å². The van der Waals surface area contributed by atoms with Crippen molar-refractivity contribution in [1.29, 1.82) is 0 Å². The van der Waals surface area contributed by atoms with Gasteiger partial charge in [-0.05, 0) is 196 Å². The van der Waals surface area contributed by atoms with Gasteiger partial charge in [-0.15, -0.1) is 22.2 Å². The van der Waals surface area contributed by atoms with E-state index < -0.39 is 32.3 Å². The lowest BCUT2D eigenvalue weighted by atomic mass is 9.86. The monoisotopic (exact) mass is 1500 g/mol. The van der Waals surface area contributed by atoms with Crippen molar-refractivity contribution in [1.82, 2.24) is 0 Å². The summed E-state index contributed by atoms with van der Waals surface area (Å²) >= 11 is 0. The fourth-order valence-electron chi connectivity index (χ4n) is 12.8. The Balaban J connectivity index is 1.53. The summed E-state index contributed by atoms with van der Waals surface area (Å²) in [7, 11) is -7.03. The van der Waals surface area contributed by atoms with Crippen LogP contribution in [0.5, 0.6) is 0 Å². The quantitative estimate of drug-likeness (QED) is 0.0358. The van der Waals surface area contributed by atoms with E-state index in [0.717, 1.165) is 244 Å². The Kier molecular flexibility index (Phi) is 34.9. The summed E-state index contributed by atoms with van der Waals surface area (Å²) < 4.78 is 0. The molecule has 0 heterocycles. The van der Waals surface area contributed by atoms with E-state index in [1.54, 1.807) is 0 Å². The zero-order valence-corrected chi connectivity index (χ0v) is 74.8. The highest BCUT2D eigenvalue weighted by Gasteiger charge is 2.20. The van der Waals surface area contributed by atoms with Crippen LogP contribution in [-0.4, -0.2) is 84.7 Å². The first kappa shape index (κ1) is 87.1. The zero-order valence-electron chi connectivity index (χ0n) is 70.8. The fourth-order valence-corrected chi connectivity index (χ4v) is 14.8. The summed E-state index contributed by atoms with van der Waals surface area (Å²) in [5, 5.41) is 0. The number of nitrogens with zero attached hydrogens (tertiary/aromatic N) is 4. The van der Waals surface area contributed by atoms with Gasteiger partial charge in [0.25, 0.3) is 0 Å². The average molecular weight is 1500 g/mol. The normalized spacial score (nSPS) is 11.7. The topological polar surface area (TPSA) is 13.0 Å². The maximum atomic E-state index is 3.87. The summed E-state index contributed by atoms with van der Waals surface area (Å²) in [6.07, 6.45) is 21.3. The molecule has 0 fully saturated rings. The van der Waals surface area contributed by atoms with E-state index in [0.29, 0.717) is 25.7 Å². The van der Waals surface area contributed by atoms with Gasteiger partial charge >= 0.3 is 0 Å². The molecule has 0 unspecified atom stereocenters. The Hall–Kier alpha value is -8.13. The molecule has 4 aliphatic rings. The van der Waals surface area contributed by atoms with Crippen LogP contribution in [0.25, 0.3) is 0 Å². The molecule has 108 heavy (non-hydrogen) atoms. The van der Waals surface area contributed by atoms with Crippen molar-refractivity contribution < 1.29 is 0 Å². The van der Waals surface area contributed by atoms with E-state index in [1.165, 1.54) is 22.7 Å². The molecule has 6 aromatic carbocycles. The smallest absolute Gasteiger partial charge is 0.129 e. The summed E-state index contributed by atoms with van der Waals surface area (Å²) in [5.74, 6) is 45.6. The van der Waals surface area contributed by atoms with Crippen molar-refractivity contribution in [2.75, 3.05) is 72.0 Å². The highest BCUT2D eigenvalue weighted by atomic mass is 28.3. The molecule has 568 valence electrons. The Morgan fingerprint density at radius 1 is 0.213 bits per heavy atom. The lowest BCUT2D eigenvalue weighted by molar-refractivity contribution is 0.678. The number of unbranched alkanes of at least 4 members (excludes halogenated alkanes) is 8. The third-order valence-electron chi connectivity index (χ3n) is 19.3. The lowest BCUT2D eigenvalue weighted by Crippen LogP contribution is -2.25. The Labute approximate surface area is 664 Å². The number of hydrogen-bond acceptors (Lipinski definition) is 4. The standard InChI is InChI=1S/C100H132N4Si4/c1-21-29-61-101(62-30-22-2)97-53-49-81(93(77-97)57-69-105(9,10)11)37-41-85-73-90-47-48-92-76-87(43-39-83-51-55-99(79-95(83)59-71-107(15,16)17)103(65-33-25-5)66-34-26-6)91(75-88(92)44-40-84-52-56-100(80-96(84)60-72-108(18,19)20)104(67-35-27-7)68-36-28-8)46-45-89(85)74-86(90)42-38-82-50-54-98(78-94(82)58-70-106(12,13)14)102(63-31-23-3)64-32-24-4/h49-56,73-80H,21-36,45-48,61-68H2,1-20H3. The van der Waals surface area contributed by atoms with Gasteiger partial charge in [0.05, 0.1) is 0 Å². The summed E-state index contributed by atoms with van der Waals surface area (Å²) in [6.45, 7) is 54.5. The molecule has 0 spiro atoms. The van der Waals surface area contributed by atoms with Crippen LogP contribution in [0.3, 0.4) is 0 Å². The van der Waals surface area contributed by atoms with Crippen LogP contribution in [0.2, 0.25) is 78.6 Å². The minimum atomic E-state index is -1.76. The maximum absolute atomic E-state index is 3.87. The van der Waals surface area contributed by atoms with Crippen LogP contribution >= 0.6 is 0 Å². The number of benzene rings is 6. The van der Waals surface area contributed by atoms with Crippen LogP contribution in [-0.2, 0) is 25.7 Å². The van der Waals surface area contributed by atoms with E-state index >= 15 is 0 Å². The number of hydrogen-bond donors (Lipinski definition) is 0. The highest BCUT2D eigenvalue weighted by molar-refractivity contribution is 6.85. The molecule has 0 saturated heterocycles. The molecule has 6 aromatic rings. The van der Waals surface area contributed by atoms with Gasteiger partial charge in [-0.3, -0.25) is 0 Å². The van der Waals surface area contributed by atoms with Crippen molar-refractivity contribution in [3.05, 3.63) is 186 Å². The summed E-state index contributed by atoms with van der Waals surface area (Å²) in [5.41, 5.74) is 36.6. The van der Waals surface area contributed by atoms with Crippen molar-refractivity contribution in [2.24, 2.45) is 0 Å². The molecule has 0 N–H and O–H groups in total. The third-order valence-corrected chi connectivity index (χ3v) is 22.8. The van der Waals surface area contributed by atoms with Crippen molar-refractivity contribution >= 4 is 55.0 Å². The molecule has 4 bridgehead atoms. The molecular formula is C100H132N4Si4. The predicted octanol–water partition coefficient (Wildman–Crippen LogP) is 23.7. The van der Waals surface area contributed by atoms with Crippen LogP contribution in [0.15, 0.2) is 97.1 Å². The first-order valence-electron chi connectivity index (χ1n) is 41.8. The number of aryl methyl sites for hydroxylation is 4. The predicted molar refractivity (Wildman–Crippen MR) is 486 cm³/mol. The van der Waals surface area contributed by atoms with Crippen LogP contribution in [0.4, 0.5) is 22.7 Å². The van der Waals surface area contributed by atoms with Gasteiger partial charge in [0, 0.05) is 142 Å². The van der Waals surface area contributed by atoms with Gasteiger partial charge in [0.1, 0.15) is 32.3 Å². The summed E-state index contributed by atoms with van der Waals surface area (Å²) in [6, 6.07) is 37.0. The largest absolute Gasteiger partial charge is 0.372 e. The molecule has 0 aromatic heterocycles. The molecule has 0 saturated carbocycles. The summed E-state index contributed by atoms with van der Waals surface area (Å²) in [4.78, 5) is 10.3. The molecule has 8 heteroatoms. The second-order valence-electron chi connectivity index (χ2n) is 34.0. The Bertz CT molecular complexity index is 3930. The van der Waals surface area contributed by atoms with E-state index in [4.69, 9.17) is 0 Å². The SMILES string of the molecule is CCCCN(CCCC)c1ccc(C#Cc2cc3c(C#Cc4ccc(N(CCCC)CCCC)cc4C#C[Si](C)(C)C)cc2CCc2cc(C#Cc4ccc(N(CCCC)CCCC)cc4C#C[Si](C)(C)C)c(cc2C#Cc2ccc(N(CCCC)CCCC)cc2C#C[Si](C)(C)C)CC3)c(C#C[Si](C)(C)C)c1. The van der Waals surface area contributed by atoms with Crippen molar-refractivity contribution in [3.8, 4) is 93.2 Å².